The molecule has 0 spiro atoms. The van der Waals surface area contributed by atoms with Crippen molar-refractivity contribution >= 4 is 27.6 Å². The summed E-state index contributed by atoms with van der Waals surface area (Å²) in [6, 6.07) is 0. The molecule has 1 aliphatic rings. The summed E-state index contributed by atoms with van der Waals surface area (Å²) in [7, 11) is -3.74. The monoisotopic (exact) mass is 257 g/mol. The predicted octanol–water partition coefficient (Wildman–Crippen LogP) is -1.55. The van der Waals surface area contributed by atoms with Gasteiger partial charge in [0.1, 0.15) is 5.25 Å². The lowest BCUT2D eigenvalue weighted by atomic mass is 10.4. The van der Waals surface area contributed by atoms with Gasteiger partial charge < -0.3 is 5.73 Å². The minimum atomic E-state index is -3.74. The summed E-state index contributed by atoms with van der Waals surface area (Å²) in [4.78, 5) is 20.6. The molecule has 1 fully saturated rings. The summed E-state index contributed by atoms with van der Waals surface area (Å²) in [5, 5.41) is 4.09. The molecule has 17 heavy (non-hydrogen) atoms. The third-order valence-electron chi connectivity index (χ3n) is 2.52. The second-order valence-corrected chi connectivity index (χ2v) is 5.53. The van der Waals surface area contributed by atoms with Crippen LogP contribution in [0.15, 0.2) is 12.4 Å². The van der Waals surface area contributed by atoms with Crippen LogP contribution >= 0.6 is 0 Å². The molecule has 9 heteroatoms. The van der Waals surface area contributed by atoms with Crippen LogP contribution in [0.5, 0.6) is 0 Å². The van der Waals surface area contributed by atoms with E-state index in [0.717, 1.165) is 0 Å². The fraction of sp³-hybridized carbons (Fsp3) is 0.375. The van der Waals surface area contributed by atoms with Crippen LogP contribution in [0.2, 0.25) is 0 Å². The summed E-state index contributed by atoms with van der Waals surface area (Å²) in [6.07, 6.45) is 2.61. The Morgan fingerprint density at radius 2 is 2.00 bits per heavy atom. The van der Waals surface area contributed by atoms with Crippen molar-refractivity contribution < 1.29 is 13.2 Å². The Morgan fingerprint density at radius 1 is 1.35 bits per heavy atom. The van der Waals surface area contributed by atoms with Crippen LogP contribution in [-0.4, -0.2) is 36.1 Å². The van der Waals surface area contributed by atoms with Gasteiger partial charge in [-0.1, -0.05) is 0 Å². The smallest absolute Gasteiger partial charge is 0.229 e. The first-order chi connectivity index (χ1) is 7.89. The van der Waals surface area contributed by atoms with Gasteiger partial charge in [-0.2, -0.15) is 0 Å². The topological polar surface area (TPSA) is 132 Å². The second kappa shape index (κ2) is 3.93. The number of aromatic nitrogens is 2. The lowest BCUT2D eigenvalue weighted by molar-refractivity contribution is -0.117. The second-order valence-electron chi connectivity index (χ2n) is 3.68. The van der Waals surface area contributed by atoms with Gasteiger partial charge in [-0.25, -0.2) is 23.5 Å². The third kappa shape index (κ3) is 2.19. The van der Waals surface area contributed by atoms with E-state index in [0.29, 0.717) is 0 Å². The number of rotatable bonds is 2. The van der Waals surface area contributed by atoms with Crippen molar-refractivity contribution in [2.45, 2.75) is 11.7 Å². The lowest BCUT2D eigenvalue weighted by Crippen LogP contribution is -2.32. The maximum Gasteiger partial charge on any atom is 0.229 e. The van der Waals surface area contributed by atoms with Gasteiger partial charge in [0.2, 0.25) is 15.9 Å². The zero-order valence-corrected chi connectivity index (χ0v) is 9.59. The highest BCUT2D eigenvalue weighted by Crippen LogP contribution is 2.25. The van der Waals surface area contributed by atoms with Gasteiger partial charge in [0.05, 0.1) is 0 Å². The van der Waals surface area contributed by atoms with Gasteiger partial charge in [0.25, 0.3) is 0 Å². The van der Waals surface area contributed by atoms with Crippen LogP contribution in [0.3, 0.4) is 0 Å². The number of hydrogen-bond acceptors (Lipinski definition) is 6. The molecule has 2 heterocycles. The molecule has 8 nitrogen and oxygen atoms in total. The van der Waals surface area contributed by atoms with Crippen LogP contribution in [0.4, 0.5) is 11.6 Å². The molecule has 4 N–H and O–H groups in total. The van der Waals surface area contributed by atoms with Crippen molar-refractivity contribution in [3.63, 3.8) is 0 Å². The van der Waals surface area contributed by atoms with E-state index < -0.39 is 15.3 Å². The molecule has 0 bridgehead atoms. The predicted molar refractivity (Wildman–Crippen MR) is 60.3 cm³/mol. The number of sulfonamides is 1. The molecule has 0 saturated carbocycles. The molecule has 1 aliphatic heterocycles. The number of carbonyl (C=O) groups is 1. The van der Waals surface area contributed by atoms with Gasteiger partial charge >= 0.3 is 0 Å². The van der Waals surface area contributed by atoms with E-state index in [4.69, 9.17) is 10.9 Å². The van der Waals surface area contributed by atoms with Gasteiger partial charge in [0.15, 0.2) is 11.6 Å². The minimum Gasteiger partial charge on any atom is -0.381 e. The number of anilines is 2. The van der Waals surface area contributed by atoms with Crippen LogP contribution in [-0.2, 0) is 14.8 Å². The fourth-order valence-corrected chi connectivity index (χ4v) is 2.38. The molecule has 0 aliphatic carbocycles. The summed E-state index contributed by atoms with van der Waals surface area (Å²) >= 11 is 0. The Hall–Kier alpha value is -1.74. The van der Waals surface area contributed by atoms with Crippen molar-refractivity contribution in [2.24, 2.45) is 5.14 Å². The van der Waals surface area contributed by atoms with Crippen molar-refractivity contribution in [3.8, 4) is 0 Å². The molecule has 92 valence electrons. The Morgan fingerprint density at radius 3 is 2.53 bits per heavy atom. The molecule has 0 aromatic carbocycles. The average molecular weight is 257 g/mol. The summed E-state index contributed by atoms with van der Waals surface area (Å²) in [5.74, 6) is -0.129. The quantitative estimate of drug-likeness (QED) is 0.659. The zero-order chi connectivity index (χ0) is 12.6. The van der Waals surface area contributed by atoms with Crippen molar-refractivity contribution in [1.29, 1.82) is 0 Å². The Labute approximate surface area is 97.7 Å². The number of carbonyl (C=O) groups excluding carboxylic acids is 1. The first-order valence-corrected chi connectivity index (χ1v) is 6.39. The number of amides is 1. The van der Waals surface area contributed by atoms with Gasteiger partial charge in [-0.3, -0.25) is 9.69 Å². The number of nitrogens with zero attached hydrogens (tertiary/aromatic N) is 3. The van der Waals surface area contributed by atoms with Crippen LogP contribution in [0, 0.1) is 0 Å². The highest BCUT2D eigenvalue weighted by atomic mass is 32.2. The van der Waals surface area contributed by atoms with E-state index in [1.807, 2.05) is 0 Å². The summed E-state index contributed by atoms with van der Waals surface area (Å²) < 4.78 is 22.3. The third-order valence-corrected chi connectivity index (χ3v) is 3.76. The van der Waals surface area contributed by atoms with Crippen molar-refractivity contribution in [2.75, 3.05) is 17.2 Å². The summed E-state index contributed by atoms with van der Waals surface area (Å²) in [6.45, 7) is -0.0411. The van der Waals surface area contributed by atoms with Gasteiger partial charge in [-0.05, 0) is 0 Å². The van der Waals surface area contributed by atoms with Crippen LogP contribution in [0.1, 0.15) is 6.42 Å². The Kier molecular flexibility index (Phi) is 2.71. The molecule has 1 unspecified atom stereocenters. The number of primary sulfonamides is 1. The average Bonchev–Trinajstić information content (AvgIpc) is 2.61. The Bertz CT molecular complexity index is 558. The number of nitrogen functional groups attached to an aromatic ring is 1. The first-order valence-electron chi connectivity index (χ1n) is 4.78. The van der Waals surface area contributed by atoms with Gasteiger partial charge in [-0.15, -0.1) is 0 Å². The summed E-state index contributed by atoms with van der Waals surface area (Å²) in [5.41, 5.74) is 5.57. The van der Waals surface area contributed by atoms with E-state index >= 15 is 0 Å². The van der Waals surface area contributed by atoms with E-state index in [-0.39, 0.29) is 30.5 Å². The molecule has 1 aromatic rings. The SMILES string of the molecule is Nc1nccnc1N1CC(S(N)(=O)=O)CC1=O. The minimum absolute atomic E-state index is 0.0411. The van der Waals surface area contributed by atoms with Crippen LogP contribution in [0.25, 0.3) is 0 Å². The molecular weight excluding hydrogens is 246 g/mol. The molecular formula is C8H11N5O3S. The maximum absolute atomic E-state index is 11.7. The first kappa shape index (κ1) is 11.7. The highest BCUT2D eigenvalue weighted by Gasteiger charge is 2.38. The molecule has 1 aromatic heterocycles. The van der Waals surface area contributed by atoms with Crippen molar-refractivity contribution in [1.82, 2.24) is 9.97 Å². The molecule has 0 radical (unpaired) electrons. The number of hydrogen-bond donors (Lipinski definition) is 2. The van der Waals surface area contributed by atoms with E-state index in [1.165, 1.54) is 17.3 Å². The Balaban J connectivity index is 2.31. The molecule has 1 amide bonds. The molecule has 1 saturated heterocycles. The normalized spacial score (nSPS) is 20.9. The molecule has 1 atom stereocenters. The maximum atomic E-state index is 11.7. The van der Waals surface area contributed by atoms with E-state index in [9.17, 15) is 13.2 Å². The standard InChI is InChI=1S/C8H11N5O3S/c9-7-8(12-2-1-11-7)13-4-5(3-6(13)14)17(10,15)16/h1-2,5H,3-4H2,(H2,9,11)(H2,10,15,16). The largest absolute Gasteiger partial charge is 0.381 e. The van der Waals surface area contributed by atoms with Crippen molar-refractivity contribution in [3.05, 3.63) is 12.4 Å². The molecule has 2 rings (SSSR count). The van der Waals surface area contributed by atoms with Crippen LogP contribution < -0.4 is 15.8 Å². The highest BCUT2D eigenvalue weighted by molar-refractivity contribution is 7.89. The van der Waals surface area contributed by atoms with Gasteiger partial charge in [0, 0.05) is 25.4 Å². The van der Waals surface area contributed by atoms with E-state index in [1.54, 1.807) is 0 Å². The lowest BCUT2D eigenvalue weighted by Gasteiger charge is -2.15. The number of nitrogens with two attached hydrogens (primary N) is 2. The van der Waals surface area contributed by atoms with E-state index in [2.05, 4.69) is 9.97 Å². The zero-order valence-electron chi connectivity index (χ0n) is 8.78. The fourth-order valence-electron chi connectivity index (χ4n) is 1.65.